The number of aryl methyl sites for hydroxylation is 2. The Hall–Kier alpha value is -1.88. The number of methoxy groups -OCH3 is 1. The summed E-state index contributed by atoms with van der Waals surface area (Å²) in [7, 11) is 1.57. The van der Waals surface area contributed by atoms with E-state index in [1.165, 1.54) is 0 Å². The molecule has 1 aromatic rings. The standard InChI is InChI=1S/C14H19NO4/c1-10-6-12(8-16)7-11(2)14(10)19-9-13(17)15-4-5-18-3/h6-8H,4-5,9H2,1-3H3,(H,15,17). The van der Waals surface area contributed by atoms with Crippen molar-refractivity contribution in [3.63, 3.8) is 0 Å². The monoisotopic (exact) mass is 265 g/mol. The SMILES string of the molecule is COCCNC(=O)COc1c(C)cc(C=O)cc1C. The Kier molecular flexibility index (Phi) is 6.02. The fraction of sp³-hybridized carbons (Fsp3) is 0.429. The lowest BCUT2D eigenvalue weighted by atomic mass is 10.1. The van der Waals surface area contributed by atoms with Crippen molar-refractivity contribution >= 4 is 12.2 Å². The molecule has 0 aliphatic heterocycles. The van der Waals surface area contributed by atoms with E-state index in [1.54, 1.807) is 19.2 Å². The maximum absolute atomic E-state index is 11.5. The van der Waals surface area contributed by atoms with Crippen molar-refractivity contribution in [1.29, 1.82) is 0 Å². The highest BCUT2D eigenvalue weighted by molar-refractivity contribution is 5.78. The number of aldehydes is 1. The van der Waals surface area contributed by atoms with E-state index in [1.807, 2.05) is 13.8 Å². The molecular formula is C14H19NO4. The van der Waals surface area contributed by atoms with Gasteiger partial charge in [-0.1, -0.05) is 0 Å². The first kappa shape index (κ1) is 15.2. The van der Waals surface area contributed by atoms with E-state index in [9.17, 15) is 9.59 Å². The van der Waals surface area contributed by atoms with Gasteiger partial charge in [0.15, 0.2) is 6.61 Å². The topological polar surface area (TPSA) is 64.6 Å². The molecule has 5 heteroatoms. The molecule has 0 saturated carbocycles. The summed E-state index contributed by atoms with van der Waals surface area (Å²) < 4.78 is 10.3. The summed E-state index contributed by atoms with van der Waals surface area (Å²) >= 11 is 0. The minimum atomic E-state index is -0.199. The molecule has 0 aromatic heterocycles. The highest BCUT2D eigenvalue weighted by atomic mass is 16.5. The second-order valence-corrected chi connectivity index (χ2v) is 4.23. The number of hydrogen-bond acceptors (Lipinski definition) is 4. The van der Waals surface area contributed by atoms with Crippen LogP contribution in [0.15, 0.2) is 12.1 Å². The molecule has 1 aromatic carbocycles. The van der Waals surface area contributed by atoms with Crippen LogP contribution in [-0.2, 0) is 9.53 Å². The lowest BCUT2D eigenvalue weighted by Crippen LogP contribution is -2.31. The predicted octanol–water partition coefficient (Wildman–Crippen LogP) is 1.26. The zero-order valence-electron chi connectivity index (χ0n) is 11.5. The van der Waals surface area contributed by atoms with Gasteiger partial charge in [0, 0.05) is 19.2 Å². The molecule has 0 radical (unpaired) electrons. The second kappa shape index (κ2) is 7.53. The molecule has 0 saturated heterocycles. The van der Waals surface area contributed by atoms with E-state index in [0.29, 0.717) is 24.5 Å². The number of nitrogens with one attached hydrogen (secondary N) is 1. The number of amides is 1. The zero-order valence-corrected chi connectivity index (χ0v) is 11.5. The lowest BCUT2D eigenvalue weighted by Gasteiger charge is -2.12. The number of carbonyl (C=O) groups excluding carboxylic acids is 2. The van der Waals surface area contributed by atoms with E-state index < -0.39 is 0 Å². The second-order valence-electron chi connectivity index (χ2n) is 4.23. The minimum absolute atomic E-state index is 0.0498. The van der Waals surface area contributed by atoms with Crippen molar-refractivity contribution in [2.45, 2.75) is 13.8 Å². The Morgan fingerprint density at radius 3 is 2.47 bits per heavy atom. The summed E-state index contributed by atoms with van der Waals surface area (Å²) in [5.41, 5.74) is 2.28. The maximum atomic E-state index is 11.5. The molecule has 1 N–H and O–H groups in total. The fourth-order valence-electron chi connectivity index (χ4n) is 1.76. The van der Waals surface area contributed by atoms with Crippen molar-refractivity contribution in [3.8, 4) is 5.75 Å². The molecule has 1 amide bonds. The zero-order chi connectivity index (χ0) is 14.3. The number of benzene rings is 1. The third-order valence-electron chi connectivity index (χ3n) is 2.59. The molecule has 0 spiro atoms. The van der Waals surface area contributed by atoms with Gasteiger partial charge in [0.05, 0.1) is 6.61 Å². The van der Waals surface area contributed by atoms with Crippen LogP contribution in [0.3, 0.4) is 0 Å². The van der Waals surface area contributed by atoms with Gasteiger partial charge in [-0.25, -0.2) is 0 Å². The van der Waals surface area contributed by atoms with Crippen LogP contribution in [0.2, 0.25) is 0 Å². The molecule has 0 heterocycles. The largest absolute Gasteiger partial charge is 0.483 e. The first-order valence-electron chi connectivity index (χ1n) is 6.03. The van der Waals surface area contributed by atoms with E-state index >= 15 is 0 Å². The highest BCUT2D eigenvalue weighted by Gasteiger charge is 2.08. The van der Waals surface area contributed by atoms with Crippen LogP contribution in [0.25, 0.3) is 0 Å². The quantitative estimate of drug-likeness (QED) is 0.595. The summed E-state index contributed by atoms with van der Waals surface area (Å²) in [5, 5.41) is 2.67. The summed E-state index contributed by atoms with van der Waals surface area (Å²) in [5.74, 6) is 0.447. The molecule has 5 nitrogen and oxygen atoms in total. The highest BCUT2D eigenvalue weighted by Crippen LogP contribution is 2.24. The number of hydrogen-bond donors (Lipinski definition) is 1. The van der Waals surface area contributed by atoms with Crippen molar-refractivity contribution in [3.05, 3.63) is 28.8 Å². The van der Waals surface area contributed by atoms with Gasteiger partial charge in [0.25, 0.3) is 5.91 Å². The minimum Gasteiger partial charge on any atom is -0.483 e. The van der Waals surface area contributed by atoms with Crippen molar-refractivity contribution in [2.75, 3.05) is 26.9 Å². The van der Waals surface area contributed by atoms with Gasteiger partial charge in [0.1, 0.15) is 12.0 Å². The molecule has 104 valence electrons. The Bertz CT molecular complexity index is 434. The van der Waals surface area contributed by atoms with E-state index in [-0.39, 0.29) is 12.5 Å². The fourth-order valence-corrected chi connectivity index (χ4v) is 1.76. The van der Waals surface area contributed by atoms with Gasteiger partial charge in [0.2, 0.25) is 0 Å². The molecule has 19 heavy (non-hydrogen) atoms. The summed E-state index contributed by atoms with van der Waals surface area (Å²) in [6, 6.07) is 3.47. The van der Waals surface area contributed by atoms with Crippen molar-refractivity contribution < 1.29 is 19.1 Å². The van der Waals surface area contributed by atoms with Crippen LogP contribution in [0.4, 0.5) is 0 Å². The normalized spacial score (nSPS) is 10.1. The molecule has 1 rings (SSSR count). The molecular weight excluding hydrogens is 246 g/mol. The molecule has 0 aliphatic rings. The predicted molar refractivity (Wildman–Crippen MR) is 71.7 cm³/mol. The first-order valence-corrected chi connectivity index (χ1v) is 6.03. The number of carbonyl (C=O) groups is 2. The van der Waals surface area contributed by atoms with Gasteiger partial charge in [-0.3, -0.25) is 9.59 Å². The van der Waals surface area contributed by atoms with Crippen LogP contribution in [0.1, 0.15) is 21.5 Å². The molecule has 0 unspecified atom stereocenters. The van der Waals surface area contributed by atoms with Gasteiger partial charge in [-0.15, -0.1) is 0 Å². The molecule has 0 bridgehead atoms. The average Bonchev–Trinajstić information content (AvgIpc) is 2.37. The Morgan fingerprint density at radius 2 is 1.95 bits per heavy atom. The van der Waals surface area contributed by atoms with Crippen LogP contribution < -0.4 is 10.1 Å². The first-order chi connectivity index (χ1) is 9.08. The van der Waals surface area contributed by atoms with Crippen LogP contribution in [0, 0.1) is 13.8 Å². The van der Waals surface area contributed by atoms with Crippen LogP contribution in [-0.4, -0.2) is 39.1 Å². The third kappa shape index (κ3) is 4.71. The summed E-state index contributed by atoms with van der Waals surface area (Å²) in [4.78, 5) is 22.2. The van der Waals surface area contributed by atoms with Crippen LogP contribution >= 0.6 is 0 Å². The molecule has 0 fully saturated rings. The lowest BCUT2D eigenvalue weighted by molar-refractivity contribution is -0.123. The van der Waals surface area contributed by atoms with Crippen LogP contribution in [0.5, 0.6) is 5.75 Å². The Balaban J connectivity index is 2.58. The van der Waals surface area contributed by atoms with Crippen molar-refractivity contribution in [1.82, 2.24) is 5.32 Å². The number of rotatable bonds is 7. The van der Waals surface area contributed by atoms with Crippen molar-refractivity contribution in [2.24, 2.45) is 0 Å². The van der Waals surface area contributed by atoms with Gasteiger partial charge >= 0.3 is 0 Å². The van der Waals surface area contributed by atoms with E-state index in [4.69, 9.17) is 9.47 Å². The van der Waals surface area contributed by atoms with E-state index in [0.717, 1.165) is 17.4 Å². The Morgan fingerprint density at radius 1 is 1.32 bits per heavy atom. The number of ether oxygens (including phenoxy) is 2. The smallest absolute Gasteiger partial charge is 0.258 e. The van der Waals surface area contributed by atoms with Gasteiger partial charge in [-0.05, 0) is 37.1 Å². The summed E-state index contributed by atoms with van der Waals surface area (Å²) in [6.07, 6.45) is 0.793. The summed E-state index contributed by atoms with van der Waals surface area (Å²) in [6.45, 7) is 4.57. The Labute approximate surface area is 112 Å². The molecule has 0 atom stereocenters. The maximum Gasteiger partial charge on any atom is 0.258 e. The third-order valence-corrected chi connectivity index (χ3v) is 2.59. The van der Waals surface area contributed by atoms with Gasteiger partial charge in [-0.2, -0.15) is 0 Å². The van der Waals surface area contributed by atoms with Gasteiger partial charge < -0.3 is 14.8 Å². The average molecular weight is 265 g/mol. The molecule has 0 aliphatic carbocycles. The van der Waals surface area contributed by atoms with E-state index in [2.05, 4.69) is 5.32 Å².